The van der Waals surface area contributed by atoms with Crippen molar-refractivity contribution in [2.45, 2.75) is 39.5 Å². The van der Waals surface area contributed by atoms with Crippen LogP contribution in [0.1, 0.15) is 36.7 Å². The second-order valence-corrected chi connectivity index (χ2v) is 7.44. The van der Waals surface area contributed by atoms with E-state index < -0.39 is 53.0 Å². The van der Waals surface area contributed by atoms with Crippen molar-refractivity contribution < 1.29 is 32.6 Å². The summed E-state index contributed by atoms with van der Waals surface area (Å²) in [7, 11) is 1.55. The lowest BCUT2D eigenvalue weighted by atomic mass is 10.0. The second kappa shape index (κ2) is 11.2. The van der Waals surface area contributed by atoms with Gasteiger partial charge in [-0.15, -0.1) is 0 Å². The van der Waals surface area contributed by atoms with E-state index in [4.69, 9.17) is 9.47 Å². The number of carbonyl (C=O) groups excluding carboxylic acids is 3. The molecule has 0 aliphatic carbocycles. The number of halogens is 2. The predicted molar refractivity (Wildman–Crippen MR) is 113 cm³/mol. The first-order valence-corrected chi connectivity index (χ1v) is 10.00. The maximum atomic E-state index is 13.9. The Bertz CT molecular complexity index is 943. The molecule has 0 unspecified atom stereocenters. The Hall–Kier alpha value is -3.49. The number of hydrogen-bond acceptors (Lipinski definition) is 5. The maximum absolute atomic E-state index is 13.9. The molecule has 2 aromatic rings. The molecule has 0 aromatic heterocycles. The van der Waals surface area contributed by atoms with E-state index in [-0.39, 0.29) is 6.54 Å². The van der Waals surface area contributed by atoms with Gasteiger partial charge in [0, 0.05) is 6.54 Å². The smallest absolute Gasteiger partial charge is 0.329 e. The van der Waals surface area contributed by atoms with Crippen molar-refractivity contribution in [1.82, 2.24) is 10.6 Å². The van der Waals surface area contributed by atoms with Gasteiger partial charge in [-0.25, -0.2) is 13.6 Å². The fourth-order valence-electron chi connectivity index (χ4n) is 2.80. The van der Waals surface area contributed by atoms with Gasteiger partial charge in [0.2, 0.25) is 0 Å². The average molecular weight is 448 g/mol. The third-order valence-corrected chi connectivity index (χ3v) is 4.68. The number of hydrogen-bond donors (Lipinski definition) is 2. The quantitative estimate of drug-likeness (QED) is 0.576. The van der Waals surface area contributed by atoms with Crippen molar-refractivity contribution in [3.8, 4) is 5.75 Å². The zero-order chi connectivity index (χ0) is 23.8. The highest BCUT2D eigenvalue weighted by Gasteiger charge is 2.30. The van der Waals surface area contributed by atoms with Gasteiger partial charge in [0.15, 0.2) is 6.10 Å². The Morgan fingerprint density at radius 2 is 1.56 bits per heavy atom. The molecule has 0 heterocycles. The van der Waals surface area contributed by atoms with E-state index in [1.165, 1.54) is 6.92 Å². The number of esters is 1. The molecule has 2 aromatic carbocycles. The van der Waals surface area contributed by atoms with Gasteiger partial charge in [0.25, 0.3) is 11.8 Å². The van der Waals surface area contributed by atoms with E-state index in [0.717, 1.165) is 23.8 Å². The molecule has 172 valence electrons. The van der Waals surface area contributed by atoms with Gasteiger partial charge in [0.1, 0.15) is 29.0 Å². The lowest BCUT2D eigenvalue weighted by molar-refractivity contribution is -0.157. The van der Waals surface area contributed by atoms with E-state index in [1.807, 2.05) is 0 Å². The van der Waals surface area contributed by atoms with E-state index in [1.54, 1.807) is 45.2 Å². The maximum Gasteiger partial charge on any atom is 0.329 e. The highest BCUT2D eigenvalue weighted by atomic mass is 19.1. The number of nitrogens with one attached hydrogen (secondary N) is 2. The fourth-order valence-corrected chi connectivity index (χ4v) is 2.80. The van der Waals surface area contributed by atoms with Crippen LogP contribution in [-0.2, 0) is 20.9 Å². The predicted octanol–water partition coefficient (Wildman–Crippen LogP) is 2.98. The van der Waals surface area contributed by atoms with Gasteiger partial charge >= 0.3 is 5.97 Å². The van der Waals surface area contributed by atoms with Gasteiger partial charge in [-0.2, -0.15) is 0 Å². The number of methoxy groups -OCH3 is 1. The normalized spacial score (nSPS) is 12.6. The molecule has 2 N–H and O–H groups in total. The van der Waals surface area contributed by atoms with Crippen LogP contribution >= 0.6 is 0 Å². The van der Waals surface area contributed by atoms with Crippen LogP contribution in [0.25, 0.3) is 0 Å². The van der Waals surface area contributed by atoms with Gasteiger partial charge in [-0.05, 0) is 42.7 Å². The van der Waals surface area contributed by atoms with Gasteiger partial charge in [0.05, 0.1) is 7.11 Å². The first kappa shape index (κ1) is 24.8. The van der Waals surface area contributed by atoms with Crippen molar-refractivity contribution >= 4 is 17.8 Å². The largest absolute Gasteiger partial charge is 0.497 e. The minimum atomic E-state index is -1.21. The van der Waals surface area contributed by atoms with E-state index in [2.05, 4.69) is 10.6 Å². The van der Waals surface area contributed by atoms with Crippen LogP contribution in [-0.4, -0.2) is 37.0 Å². The second-order valence-electron chi connectivity index (χ2n) is 7.44. The lowest BCUT2D eigenvalue weighted by Gasteiger charge is -2.23. The standard InChI is InChI=1S/C23H26F2N2O5/c1-13(2)20(27-22(29)19-17(24)6-5-7-18(19)25)23(30)32-14(3)21(28)26-12-15-8-10-16(31-4)11-9-15/h5-11,13-14,20H,12H2,1-4H3,(H,26,28)(H,27,29)/t14-,20-/m1/s1. The van der Waals surface area contributed by atoms with Crippen molar-refractivity contribution in [3.63, 3.8) is 0 Å². The monoisotopic (exact) mass is 448 g/mol. The topological polar surface area (TPSA) is 93.7 Å². The van der Waals surface area contributed by atoms with E-state index in [0.29, 0.717) is 5.75 Å². The molecular formula is C23H26F2N2O5. The SMILES string of the molecule is COc1ccc(CNC(=O)[C@@H](C)OC(=O)[C@H](NC(=O)c2c(F)cccc2F)C(C)C)cc1. The Morgan fingerprint density at radius 1 is 0.969 bits per heavy atom. The molecule has 0 saturated carbocycles. The van der Waals surface area contributed by atoms with Crippen molar-refractivity contribution in [3.05, 3.63) is 65.2 Å². The zero-order valence-corrected chi connectivity index (χ0v) is 18.3. The summed E-state index contributed by atoms with van der Waals surface area (Å²) in [5.74, 6) is -4.40. The van der Waals surface area contributed by atoms with Crippen LogP contribution in [0.15, 0.2) is 42.5 Å². The molecule has 0 spiro atoms. The van der Waals surface area contributed by atoms with Crippen molar-refractivity contribution in [2.24, 2.45) is 5.92 Å². The van der Waals surface area contributed by atoms with Crippen molar-refractivity contribution in [2.75, 3.05) is 7.11 Å². The Labute approximate surface area is 185 Å². The minimum Gasteiger partial charge on any atom is -0.497 e. The number of benzene rings is 2. The van der Waals surface area contributed by atoms with E-state index in [9.17, 15) is 23.2 Å². The summed E-state index contributed by atoms with van der Waals surface area (Å²) in [5.41, 5.74) is 0.0214. The van der Waals surface area contributed by atoms with Crippen LogP contribution in [0.4, 0.5) is 8.78 Å². The first-order valence-electron chi connectivity index (χ1n) is 10.00. The molecule has 32 heavy (non-hydrogen) atoms. The highest BCUT2D eigenvalue weighted by molar-refractivity contribution is 5.97. The summed E-state index contributed by atoms with van der Waals surface area (Å²) < 4.78 is 38.0. The summed E-state index contributed by atoms with van der Waals surface area (Å²) in [5, 5.41) is 4.94. The third kappa shape index (κ3) is 6.50. The van der Waals surface area contributed by atoms with Crippen LogP contribution in [0.2, 0.25) is 0 Å². The average Bonchev–Trinajstić information content (AvgIpc) is 2.75. The minimum absolute atomic E-state index is 0.210. The molecule has 0 aliphatic heterocycles. The third-order valence-electron chi connectivity index (χ3n) is 4.68. The lowest BCUT2D eigenvalue weighted by Crippen LogP contribution is -2.48. The molecule has 0 fully saturated rings. The molecule has 7 nitrogen and oxygen atoms in total. The molecule has 2 rings (SSSR count). The fraction of sp³-hybridized carbons (Fsp3) is 0.348. The number of ether oxygens (including phenoxy) is 2. The zero-order valence-electron chi connectivity index (χ0n) is 18.3. The molecule has 0 saturated heterocycles. The van der Waals surface area contributed by atoms with Crippen LogP contribution < -0.4 is 15.4 Å². The van der Waals surface area contributed by atoms with E-state index >= 15 is 0 Å². The highest BCUT2D eigenvalue weighted by Crippen LogP contribution is 2.14. The number of carbonyl (C=O) groups is 3. The molecule has 0 radical (unpaired) electrons. The summed E-state index contributed by atoms with van der Waals surface area (Å²) in [6.07, 6.45) is -1.15. The van der Waals surface area contributed by atoms with Crippen molar-refractivity contribution in [1.29, 1.82) is 0 Å². The van der Waals surface area contributed by atoms with Crippen LogP contribution in [0, 0.1) is 17.6 Å². The van der Waals surface area contributed by atoms with Gasteiger partial charge in [-0.3, -0.25) is 9.59 Å². The first-order chi connectivity index (χ1) is 15.1. The molecular weight excluding hydrogens is 422 g/mol. The van der Waals surface area contributed by atoms with Crippen LogP contribution in [0.3, 0.4) is 0 Å². The van der Waals surface area contributed by atoms with Crippen LogP contribution in [0.5, 0.6) is 5.75 Å². The Balaban J connectivity index is 1.97. The Morgan fingerprint density at radius 3 is 2.09 bits per heavy atom. The molecule has 0 aliphatic rings. The van der Waals surface area contributed by atoms with Gasteiger partial charge in [-0.1, -0.05) is 32.0 Å². The summed E-state index contributed by atoms with van der Waals surface area (Å²) >= 11 is 0. The molecule has 2 atom stereocenters. The van der Waals surface area contributed by atoms with Gasteiger partial charge < -0.3 is 20.1 Å². The molecule has 2 amide bonds. The Kier molecular flexibility index (Phi) is 8.69. The molecule has 9 heteroatoms. The summed E-state index contributed by atoms with van der Waals surface area (Å²) in [6.45, 7) is 4.84. The number of amides is 2. The summed E-state index contributed by atoms with van der Waals surface area (Å²) in [4.78, 5) is 37.2. The molecule has 0 bridgehead atoms. The summed E-state index contributed by atoms with van der Waals surface area (Å²) in [6, 6.07) is 8.86. The number of rotatable bonds is 9.